The molecule has 0 unspecified atom stereocenters. The SMILES string of the molecule is COc1ccccc1/C=C1/SC(=Nc2cccc(C(=O)N3CCOCC3)c2)N(C)C1=O. The number of benzene rings is 2. The molecule has 2 aliphatic heterocycles. The highest BCUT2D eigenvalue weighted by Gasteiger charge is 2.30. The van der Waals surface area contributed by atoms with Gasteiger partial charge in [0.05, 0.1) is 30.9 Å². The van der Waals surface area contributed by atoms with Gasteiger partial charge in [0.15, 0.2) is 5.17 Å². The van der Waals surface area contributed by atoms with E-state index in [2.05, 4.69) is 4.99 Å². The van der Waals surface area contributed by atoms with Crippen LogP contribution in [-0.2, 0) is 9.53 Å². The van der Waals surface area contributed by atoms with Crippen LogP contribution in [0.15, 0.2) is 58.4 Å². The summed E-state index contributed by atoms with van der Waals surface area (Å²) in [6.07, 6.45) is 1.81. The molecule has 7 nitrogen and oxygen atoms in total. The Balaban J connectivity index is 1.57. The Labute approximate surface area is 185 Å². The number of likely N-dealkylation sites (N-methyl/N-ethyl adjacent to an activating group) is 1. The molecule has 0 spiro atoms. The Morgan fingerprint density at radius 1 is 1.16 bits per heavy atom. The Hall–Kier alpha value is -3.10. The number of para-hydroxylation sites is 1. The Morgan fingerprint density at radius 3 is 2.71 bits per heavy atom. The number of carbonyl (C=O) groups excluding carboxylic acids is 2. The first kappa shape index (κ1) is 21.1. The van der Waals surface area contributed by atoms with E-state index in [-0.39, 0.29) is 11.8 Å². The van der Waals surface area contributed by atoms with E-state index < -0.39 is 0 Å². The van der Waals surface area contributed by atoms with E-state index in [4.69, 9.17) is 9.47 Å². The first-order valence-electron chi connectivity index (χ1n) is 9.93. The minimum atomic E-state index is -0.129. The van der Waals surface area contributed by atoms with E-state index in [9.17, 15) is 9.59 Å². The predicted octanol–water partition coefficient (Wildman–Crippen LogP) is 3.40. The van der Waals surface area contributed by atoms with Crippen molar-refractivity contribution in [2.24, 2.45) is 4.99 Å². The van der Waals surface area contributed by atoms with Gasteiger partial charge in [-0.25, -0.2) is 4.99 Å². The van der Waals surface area contributed by atoms with Gasteiger partial charge in [0.1, 0.15) is 5.75 Å². The van der Waals surface area contributed by atoms with Crippen molar-refractivity contribution in [3.8, 4) is 5.75 Å². The monoisotopic (exact) mass is 437 g/mol. The van der Waals surface area contributed by atoms with Crippen LogP contribution >= 0.6 is 11.8 Å². The largest absolute Gasteiger partial charge is 0.496 e. The molecule has 2 saturated heterocycles. The highest BCUT2D eigenvalue weighted by Crippen LogP contribution is 2.34. The van der Waals surface area contributed by atoms with Gasteiger partial charge in [-0.3, -0.25) is 14.5 Å². The second kappa shape index (κ2) is 9.36. The van der Waals surface area contributed by atoms with Gasteiger partial charge in [0, 0.05) is 31.3 Å². The number of hydrogen-bond acceptors (Lipinski definition) is 6. The van der Waals surface area contributed by atoms with Crippen molar-refractivity contribution in [2.75, 3.05) is 40.5 Å². The molecule has 2 amide bonds. The number of morpholine rings is 1. The van der Waals surface area contributed by atoms with Crippen molar-refractivity contribution >= 4 is 40.5 Å². The first-order chi connectivity index (χ1) is 15.1. The molecule has 0 radical (unpaired) electrons. The normalized spacial score (nSPS) is 19.4. The van der Waals surface area contributed by atoms with Crippen molar-refractivity contribution in [1.82, 2.24) is 9.80 Å². The average molecular weight is 438 g/mol. The topological polar surface area (TPSA) is 71.4 Å². The van der Waals surface area contributed by atoms with Crippen LogP contribution in [0.1, 0.15) is 15.9 Å². The van der Waals surface area contributed by atoms with Crippen LogP contribution in [0.3, 0.4) is 0 Å². The Morgan fingerprint density at radius 2 is 1.94 bits per heavy atom. The second-order valence-electron chi connectivity index (χ2n) is 7.07. The number of methoxy groups -OCH3 is 1. The molecule has 0 atom stereocenters. The van der Waals surface area contributed by atoms with Crippen molar-refractivity contribution in [3.63, 3.8) is 0 Å². The van der Waals surface area contributed by atoms with Gasteiger partial charge in [0.25, 0.3) is 11.8 Å². The lowest BCUT2D eigenvalue weighted by Gasteiger charge is -2.26. The molecule has 0 aliphatic carbocycles. The molecule has 0 N–H and O–H groups in total. The summed E-state index contributed by atoms with van der Waals surface area (Å²) >= 11 is 1.30. The van der Waals surface area contributed by atoms with Crippen LogP contribution in [0.25, 0.3) is 6.08 Å². The highest BCUT2D eigenvalue weighted by molar-refractivity contribution is 8.18. The number of rotatable bonds is 4. The third-order valence-electron chi connectivity index (χ3n) is 5.05. The number of amidine groups is 1. The molecule has 2 aromatic carbocycles. The van der Waals surface area contributed by atoms with Crippen LogP contribution in [-0.4, -0.2) is 67.2 Å². The number of carbonyl (C=O) groups is 2. The van der Waals surface area contributed by atoms with Gasteiger partial charge in [-0.15, -0.1) is 0 Å². The maximum atomic E-state index is 12.8. The van der Waals surface area contributed by atoms with Gasteiger partial charge in [-0.1, -0.05) is 24.3 Å². The summed E-state index contributed by atoms with van der Waals surface area (Å²) in [5.41, 5.74) is 2.03. The molecule has 2 aliphatic rings. The van der Waals surface area contributed by atoms with Gasteiger partial charge >= 0.3 is 0 Å². The summed E-state index contributed by atoms with van der Waals surface area (Å²) in [6.45, 7) is 2.28. The second-order valence-corrected chi connectivity index (χ2v) is 8.08. The molecule has 2 fully saturated rings. The zero-order chi connectivity index (χ0) is 21.8. The van der Waals surface area contributed by atoms with E-state index in [0.29, 0.717) is 53.4 Å². The van der Waals surface area contributed by atoms with E-state index in [1.165, 1.54) is 16.7 Å². The van der Waals surface area contributed by atoms with Crippen molar-refractivity contribution in [3.05, 3.63) is 64.6 Å². The minimum absolute atomic E-state index is 0.0365. The van der Waals surface area contributed by atoms with Crippen molar-refractivity contribution < 1.29 is 19.1 Å². The fourth-order valence-electron chi connectivity index (χ4n) is 3.35. The summed E-state index contributed by atoms with van der Waals surface area (Å²) in [6, 6.07) is 14.7. The molecule has 0 aromatic heterocycles. The Bertz CT molecular complexity index is 1060. The third-order valence-corrected chi connectivity index (χ3v) is 6.11. The zero-order valence-corrected chi connectivity index (χ0v) is 18.2. The molecule has 160 valence electrons. The Kier molecular flexibility index (Phi) is 6.39. The smallest absolute Gasteiger partial charge is 0.266 e. The van der Waals surface area contributed by atoms with Crippen LogP contribution in [0, 0.1) is 0 Å². The lowest BCUT2D eigenvalue weighted by atomic mass is 10.1. The van der Waals surface area contributed by atoms with Crippen LogP contribution in [0.4, 0.5) is 5.69 Å². The quantitative estimate of drug-likeness (QED) is 0.686. The molecule has 4 rings (SSSR count). The number of ether oxygens (including phenoxy) is 2. The van der Waals surface area contributed by atoms with Gasteiger partial charge in [-0.2, -0.15) is 0 Å². The van der Waals surface area contributed by atoms with Crippen molar-refractivity contribution in [1.29, 1.82) is 0 Å². The number of hydrogen-bond donors (Lipinski definition) is 0. The number of thioether (sulfide) groups is 1. The fraction of sp³-hybridized carbons (Fsp3) is 0.261. The lowest BCUT2D eigenvalue weighted by Crippen LogP contribution is -2.40. The number of aliphatic imine (C=N–C) groups is 1. The van der Waals surface area contributed by atoms with Crippen LogP contribution < -0.4 is 4.74 Å². The molecule has 0 bridgehead atoms. The molecule has 8 heteroatoms. The predicted molar refractivity (Wildman–Crippen MR) is 122 cm³/mol. The zero-order valence-electron chi connectivity index (χ0n) is 17.4. The van der Waals surface area contributed by atoms with Gasteiger partial charge in [0.2, 0.25) is 0 Å². The number of nitrogens with zero attached hydrogens (tertiary/aromatic N) is 3. The minimum Gasteiger partial charge on any atom is -0.496 e. The van der Waals surface area contributed by atoms with E-state index in [1.807, 2.05) is 36.4 Å². The molecule has 2 aromatic rings. The van der Waals surface area contributed by atoms with Gasteiger partial charge < -0.3 is 14.4 Å². The summed E-state index contributed by atoms with van der Waals surface area (Å²) in [5.74, 6) is 0.534. The van der Waals surface area contributed by atoms with E-state index in [0.717, 1.165) is 5.56 Å². The first-order valence-corrected chi connectivity index (χ1v) is 10.7. The molecule has 0 saturated carbocycles. The molecular weight excluding hydrogens is 414 g/mol. The average Bonchev–Trinajstić information content (AvgIpc) is 3.07. The van der Waals surface area contributed by atoms with Crippen LogP contribution in [0.5, 0.6) is 5.75 Å². The van der Waals surface area contributed by atoms with E-state index >= 15 is 0 Å². The summed E-state index contributed by atoms with van der Waals surface area (Å²) in [5, 5.41) is 0.558. The standard InChI is InChI=1S/C23H23N3O4S/c1-25-22(28)20(15-16-6-3-4-9-19(16)29-2)31-23(25)24-18-8-5-7-17(14-18)21(27)26-10-12-30-13-11-26/h3-9,14-15H,10-13H2,1-2H3/b20-15+,24-23?. The third kappa shape index (κ3) is 4.65. The number of amides is 2. The lowest BCUT2D eigenvalue weighted by molar-refractivity contribution is -0.121. The van der Waals surface area contributed by atoms with Gasteiger partial charge in [-0.05, 0) is 42.1 Å². The van der Waals surface area contributed by atoms with Crippen LogP contribution in [0.2, 0.25) is 0 Å². The van der Waals surface area contributed by atoms with E-state index in [1.54, 1.807) is 37.3 Å². The summed E-state index contributed by atoms with van der Waals surface area (Å²) < 4.78 is 10.7. The summed E-state index contributed by atoms with van der Waals surface area (Å²) in [4.78, 5) is 34.0. The maximum Gasteiger partial charge on any atom is 0.266 e. The molecule has 31 heavy (non-hydrogen) atoms. The highest BCUT2D eigenvalue weighted by atomic mass is 32.2. The summed E-state index contributed by atoms with van der Waals surface area (Å²) in [7, 11) is 3.30. The molecular formula is C23H23N3O4S. The fourth-order valence-corrected chi connectivity index (χ4v) is 4.32. The molecule has 2 heterocycles. The van der Waals surface area contributed by atoms with Crippen molar-refractivity contribution in [2.45, 2.75) is 0 Å². The maximum absolute atomic E-state index is 12.8.